The molecule has 9 heavy (non-hydrogen) atoms. The summed E-state index contributed by atoms with van der Waals surface area (Å²) in [7, 11) is 0. The predicted molar refractivity (Wildman–Crippen MR) is 42.9 cm³/mol. The van der Waals surface area contributed by atoms with Gasteiger partial charge in [-0.25, -0.2) is 0 Å². The van der Waals surface area contributed by atoms with Crippen molar-refractivity contribution in [2.24, 2.45) is 5.73 Å². The van der Waals surface area contributed by atoms with Crippen molar-refractivity contribution in [1.29, 1.82) is 0 Å². The molecule has 0 amide bonds. The summed E-state index contributed by atoms with van der Waals surface area (Å²) >= 11 is 0. The molecule has 0 heterocycles. The summed E-state index contributed by atoms with van der Waals surface area (Å²) in [5.41, 5.74) is 5.52. The molecule has 0 aromatic rings. The Hall–Kier alpha value is 0.400. The van der Waals surface area contributed by atoms with Crippen molar-refractivity contribution in [2.45, 2.75) is 31.9 Å². The average molecular weight is 196 g/mol. The maximum atomic E-state index is 5.52. The Balaban J connectivity index is 0.000000640. The number of hydrogen-bond donors (Lipinski definition) is 1. The van der Waals surface area contributed by atoms with E-state index in [0.717, 1.165) is 19.4 Å². The van der Waals surface area contributed by atoms with Gasteiger partial charge in [-0.3, -0.25) is 0 Å². The first-order chi connectivity index (χ1) is 3.83. The minimum absolute atomic E-state index is 0. The lowest BCUT2D eigenvalue weighted by atomic mass is 9.90. The number of halogens is 1. The molecular weight excluding hydrogens is 182 g/mol. The van der Waals surface area contributed by atoms with Gasteiger partial charge in [-0.15, -0.1) is 17.0 Å². The molecule has 56 valence electrons. The van der Waals surface area contributed by atoms with Crippen LogP contribution in [0.3, 0.4) is 0 Å². The molecule has 0 spiro atoms. The second kappa shape index (κ2) is 4.25. The summed E-state index contributed by atoms with van der Waals surface area (Å²) in [6.07, 6.45) is 2.61. The number of hydrogen-bond acceptors (Lipinski definition) is 2. The third-order valence-electron chi connectivity index (χ3n) is 1.53. The van der Waals surface area contributed by atoms with Crippen molar-refractivity contribution in [3.8, 4) is 0 Å². The van der Waals surface area contributed by atoms with Crippen molar-refractivity contribution >= 4 is 17.0 Å². The second-order valence-corrected chi connectivity index (χ2v) is 2.31. The van der Waals surface area contributed by atoms with Crippen LogP contribution in [-0.4, -0.2) is 18.8 Å². The largest absolute Gasteiger partial charge is 0.378 e. The number of ether oxygens (including phenoxy) is 1. The zero-order chi connectivity index (χ0) is 5.98. The van der Waals surface area contributed by atoms with E-state index in [-0.39, 0.29) is 17.0 Å². The van der Waals surface area contributed by atoms with Crippen LogP contribution >= 0.6 is 17.0 Å². The zero-order valence-corrected chi connectivity index (χ0v) is 7.38. The van der Waals surface area contributed by atoms with E-state index in [9.17, 15) is 0 Å². The fourth-order valence-electron chi connectivity index (χ4n) is 0.978. The lowest BCUT2D eigenvalue weighted by molar-refractivity contribution is -0.00122. The molecule has 1 rings (SSSR count). The summed E-state index contributed by atoms with van der Waals surface area (Å²) in [4.78, 5) is 0. The molecule has 1 saturated carbocycles. The van der Waals surface area contributed by atoms with Crippen LogP contribution in [0.15, 0.2) is 0 Å². The third kappa shape index (κ3) is 2.65. The van der Waals surface area contributed by atoms with E-state index in [4.69, 9.17) is 10.5 Å². The van der Waals surface area contributed by atoms with Gasteiger partial charge in [0.05, 0.1) is 6.10 Å². The van der Waals surface area contributed by atoms with Gasteiger partial charge in [0.1, 0.15) is 0 Å². The quantitative estimate of drug-likeness (QED) is 0.717. The summed E-state index contributed by atoms with van der Waals surface area (Å²) in [6, 6.07) is 0.423. The molecule has 0 radical (unpaired) electrons. The Kier molecular flexibility index (Phi) is 4.44. The first kappa shape index (κ1) is 9.40. The van der Waals surface area contributed by atoms with Gasteiger partial charge in [0, 0.05) is 12.6 Å². The van der Waals surface area contributed by atoms with E-state index in [2.05, 4.69) is 0 Å². The van der Waals surface area contributed by atoms with Crippen LogP contribution in [0.25, 0.3) is 0 Å². The summed E-state index contributed by atoms with van der Waals surface area (Å²) in [5, 5.41) is 0. The van der Waals surface area contributed by atoms with Gasteiger partial charge >= 0.3 is 0 Å². The van der Waals surface area contributed by atoms with Crippen LogP contribution in [-0.2, 0) is 4.74 Å². The predicted octanol–water partition coefficient (Wildman–Crippen LogP) is 1.09. The Morgan fingerprint density at radius 3 is 2.44 bits per heavy atom. The molecular formula is C6H14BrNO. The molecule has 2 N–H and O–H groups in total. The Morgan fingerprint density at radius 1 is 1.56 bits per heavy atom. The smallest absolute Gasteiger partial charge is 0.0604 e. The van der Waals surface area contributed by atoms with E-state index >= 15 is 0 Å². The molecule has 1 fully saturated rings. The first-order valence-electron chi connectivity index (χ1n) is 3.20. The first-order valence-corrected chi connectivity index (χ1v) is 3.20. The normalized spacial score (nSPS) is 32.7. The summed E-state index contributed by atoms with van der Waals surface area (Å²) in [6.45, 7) is 2.85. The summed E-state index contributed by atoms with van der Waals surface area (Å²) < 4.78 is 5.27. The molecule has 1 aliphatic rings. The third-order valence-corrected chi connectivity index (χ3v) is 1.53. The van der Waals surface area contributed by atoms with E-state index in [1.807, 2.05) is 6.92 Å². The minimum Gasteiger partial charge on any atom is -0.378 e. The molecule has 2 nitrogen and oxygen atoms in total. The molecule has 0 saturated heterocycles. The Morgan fingerprint density at radius 2 is 2.11 bits per heavy atom. The van der Waals surface area contributed by atoms with Gasteiger partial charge in [0.25, 0.3) is 0 Å². The molecule has 0 unspecified atom stereocenters. The molecule has 1 aliphatic carbocycles. The van der Waals surface area contributed by atoms with Crippen molar-refractivity contribution < 1.29 is 4.74 Å². The van der Waals surface area contributed by atoms with Gasteiger partial charge < -0.3 is 10.5 Å². The van der Waals surface area contributed by atoms with Crippen molar-refractivity contribution in [3.63, 3.8) is 0 Å². The minimum atomic E-state index is 0. The lowest BCUT2D eigenvalue weighted by Crippen LogP contribution is -2.41. The van der Waals surface area contributed by atoms with Crippen LogP contribution in [0, 0.1) is 0 Å². The highest BCUT2D eigenvalue weighted by atomic mass is 79.9. The van der Waals surface area contributed by atoms with E-state index < -0.39 is 0 Å². The second-order valence-electron chi connectivity index (χ2n) is 2.31. The highest BCUT2D eigenvalue weighted by Gasteiger charge is 2.25. The fraction of sp³-hybridized carbons (Fsp3) is 1.00. The van der Waals surface area contributed by atoms with E-state index in [1.54, 1.807) is 0 Å². The summed E-state index contributed by atoms with van der Waals surface area (Å²) in [5.74, 6) is 0. The van der Waals surface area contributed by atoms with Gasteiger partial charge in [-0.2, -0.15) is 0 Å². The van der Waals surface area contributed by atoms with E-state index in [0.29, 0.717) is 12.1 Å². The van der Waals surface area contributed by atoms with Crippen molar-refractivity contribution in [2.75, 3.05) is 6.61 Å². The van der Waals surface area contributed by atoms with E-state index in [1.165, 1.54) is 0 Å². The average Bonchev–Trinajstić information content (AvgIpc) is 1.64. The zero-order valence-electron chi connectivity index (χ0n) is 5.67. The maximum Gasteiger partial charge on any atom is 0.0604 e. The van der Waals surface area contributed by atoms with Crippen LogP contribution in [0.2, 0.25) is 0 Å². The number of rotatable bonds is 2. The van der Waals surface area contributed by atoms with Crippen LogP contribution in [0.5, 0.6) is 0 Å². The van der Waals surface area contributed by atoms with Crippen molar-refractivity contribution in [3.05, 3.63) is 0 Å². The topological polar surface area (TPSA) is 35.2 Å². The van der Waals surface area contributed by atoms with Gasteiger partial charge in [-0.05, 0) is 19.8 Å². The SMILES string of the molecule is Br.CCOC1CC(N)C1. The van der Waals surface area contributed by atoms with Crippen LogP contribution < -0.4 is 5.73 Å². The molecule has 0 aromatic heterocycles. The monoisotopic (exact) mass is 195 g/mol. The van der Waals surface area contributed by atoms with Gasteiger partial charge in [0.15, 0.2) is 0 Å². The molecule has 0 atom stereocenters. The van der Waals surface area contributed by atoms with Gasteiger partial charge in [0.2, 0.25) is 0 Å². The lowest BCUT2D eigenvalue weighted by Gasteiger charge is -2.31. The fourth-order valence-corrected chi connectivity index (χ4v) is 0.978. The van der Waals surface area contributed by atoms with Crippen molar-refractivity contribution in [1.82, 2.24) is 0 Å². The Bertz CT molecular complexity index is 70.7. The van der Waals surface area contributed by atoms with Gasteiger partial charge in [-0.1, -0.05) is 0 Å². The standard InChI is InChI=1S/C6H13NO.BrH/c1-2-8-6-3-5(7)4-6;/h5-6H,2-4,7H2,1H3;1H. The highest BCUT2D eigenvalue weighted by Crippen LogP contribution is 2.20. The maximum absolute atomic E-state index is 5.52. The van der Waals surface area contributed by atoms with Crippen LogP contribution in [0.1, 0.15) is 19.8 Å². The number of nitrogens with two attached hydrogens (primary N) is 1. The molecule has 0 bridgehead atoms. The molecule has 0 aliphatic heterocycles. The van der Waals surface area contributed by atoms with Crippen LogP contribution in [0.4, 0.5) is 0 Å². The molecule has 3 heteroatoms. The Labute approximate surface area is 66.5 Å². The molecule has 0 aromatic carbocycles. The highest BCUT2D eigenvalue weighted by molar-refractivity contribution is 8.93.